The van der Waals surface area contributed by atoms with Crippen LogP contribution in [-0.4, -0.2) is 23.9 Å². The zero-order valence-corrected chi connectivity index (χ0v) is 8.40. The van der Waals surface area contributed by atoms with Crippen molar-refractivity contribution < 1.29 is 19.3 Å². The summed E-state index contributed by atoms with van der Waals surface area (Å²) in [5, 5.41) is 18.2. The molecular weight excluding hydrogens is 201 g/mol. The summed E-state index contributed by atoms with van der Waals surface area (Å²) in [7, 11) is 1.33. The van der Waals surface area contributed by atoms with Gasteiger partial charge in [-0.2, -0.15) is 0 Å². The van der Waals surface area contributed by atoms with Gasteiger partial charge in [-0.1, -0.05) is 0 Å². The first-order valence-corrected chi connectivity index (χ1v) is 4.53. The van der Waals surface area contributed by atoms with E-state index in [9.17, 15) is 9.50 Å². The average Bonchev–Trinajstić information content (AvgIpc) is 2.18. The van der Waals surface area contributed by atoms with Crippen LogP contribution in [-0.2, 0) is 0 Å². The third-order valence-corrected chi connectivity index (χ3v) is 2.14. The molecule has 15 heavy (non-hydrogen) atoms. The Bertz CT molecular complexity index is 344. The lowest BCUT2D eigenvalue weighted by molar-refractivity contribution is 0.275. The quantitative estimate of drug-likeness (QED) is 0.698. The molecule has 0 saturated carbocycles. The standard InChI is InChI=1S/C10H14FNO3/c1-15-10-4-6(8(12)2-3-13)9(14)5-7(10)11/h4-5,8,13-14H,2-3,12H2,1H3. The van der Waals surface area contributed by atoms with Gasteiger partial charge in [0.1, 0.15) is 5.75 Å². The van der Waals surface area contributed by atoms with Crippen molar-refractivity contribution in [1.82, 2.24) is 0 Å². The second kappa shape index (κ2) is 4.95. The van der Waals surface area contributed by atoms with Gasteiger partial charge in [0.05, 0.1) is 7.11 Å². The number of phenols is 1. The predicted octanol–water partition coefficient (Wildman–Crippen LogP) is 0.922. The van der Waals surface area contributed by atoms with Gasteiger partial charge in [0.2, 0.25) is 0 Å². The number of hydrogen-bond acceptors (Lipinski definition) is 4. The van der Waals surface area contributed by atoms with Gasteiger partial charge in [-0.3, -0.25) is 0 Å². The highest BCUT2D eigenvalue weighted by molar-refractivity contribution is 5.42. The Labute approximate surface area is 87.1 Å². The molecule has 1 atom stereocenters. The molecule has 1 rings (SSSR count). The lowest BCUT2D eigenvalue weighted by atomic mass is 10.0. The Morgan fingerprint density at radius 3 is 2.73 bits per heavy atom. The molecule has 0 fully saturated rings. The Morgan fingerprint density at radius 2 is 2.20 bits per heavy atom. The summed E-state index contributed by atoms with van der Waals surface area (Å²) in [6.07, 6.45) is 0.294. The molecule has 0 aliphatic rings. The molecule has 0 amide bonds. The molecule has 0 radical (unpaired) electrons. The van der Waals surface area contributed by atoms with Crippen LogP contribution in [0.4, 0.5) is 4.39 Å². The SMILES string of the molecule is COc1cc(C(N)CCO)c(O)cc1F. The Balaban J connectivity index is 3.06. The van der Waals surface area contributed by atoms with Gasteiger partial charge in [-0.25, -0.2) is 4.39 Å². The van der Waals surface area contributed by atoms with Crippen LogP contribution in [0.5, 0.6) is 11.5 Å². The van der Waals surface area contributed by atoms with Crippen LogP contribution in [0.15, 0.2) is 12.1 Å². The minimum atomic E-state index is -0.644. The first-order valence-electron chi connectivity index (χ1n) is 4.53. The molecule has 5 heteroatoms. The van der Waals surface area contributed by atoms with E-state index in [0.717, 1.165) is 6.07 Å². The fourth-order valence-electron chi connectivity index (χ4n) is 1.31. The van der Waals surface area contributed by atoms with E-state index in [-0.39, 0.29) is 18.1 Å². The van der Waals surface area contributed by atoms with E-state index in [1.807, 2.05) is 0 Å². The number of rotatable bonds is 4. The minimum absolute atomic E-state index is 0.0242. The normalized spacial score (nSPS) is 12.5. The monoisotopic (exact) mass is 215 g/mol. The minimum Gasteiger partial charge on any atom is -0.507 e. The van der Waals surface area contributed by atoms with Gasteiger partial charge >= 0.3 is 0 Å². The lowest BCUT2D eigenvalue weighted by Crippen LogP contribution is -2.12. The van der Waals surface area contributed by atoms with Crippen molar-refractivity contribution in [2.45, 2.75) is 12.5 Å². The molecule has 0 aliphatic carbocycles. The third-order valence-electron chi connectivity index (χ3n) is 2.14. The molecule has 84 valence electrons. The number of methoxy groups -OCH3 is 1. The number of halogens is 1. The van der Waals surface area contributed by atoms with Gasteiger partial charge in [0, 0.05) is 24.3 Å². The van der Waals surface area contributed by atoms with E-state index in [1.165, 1.54) is 13.2 Å². The van der Waals surface area contributed by atoms with Gasteiger partial charge in [-0.15, -0.1) is 0 Å². The Kier molecular flexibility index (Phi) is 3.88. The summed E-state index contributed by atoms with van der Waals surface area (Å²) >= 11 is 0. The van der Waals surface area contributed by atoms with E-state index >= 15 is 0 Å². The van der Waals surface area contributed by atoms with Crippen molar-refractivity contribution >= 4 is 0 Å². The molecule has 0 spiro atoms. The number of aliphatic hydroxyl groups is 1. The van der Waals surface area contributed by atoms with E-state index in [4.69, 9.17) is 15.6 Å². The first kappa shape index (κ1) is 11.7. The number of hydrogen-bond donors (Lipinski definition) is 3. The summed E-state index contributed by atoms with van der Waals surface area (Å²) in [6, 6.07) is 1.75. The maximum atomic E-state index is 13.1. The predicted molar refractivity (Wildman–Crippen MR) is 53.2 cm³/mol. The number of aromatic hydroxyl groups is 1. The number of benzene rings is 1. The summed E-state index contributed by atoms with van der Waals surface area (Å²) in [5.74, 6) is -0.847. The van der Waals surface area contributed by atoms with Gasteiger partial charge in [-0.05, 0) is 12.5 Å². The van der Waals surface area contributed by atoms with Crippen molar-refractivity contribution in [3.8, 4) is 11.5 Å². The molecule has 1 aromatic rings. The molecule has 0 aromatic heterocycles. The number of aliphatic hydroxyl groups excluding tert-OH is 1. The Hall–Kier alpha value is -1.33. The topological polar surface area (TPSA) is 75.7 Å². The molecule has 0 saturated heterocycles. The highest BCUT2D eigenvalue weighted by Gasteiger charge is 2.15. The van der Waals surface area contributed by atoms with Crippen molar-refractivity contribution in [3.05, 3.63) is 23.5 Å². The number of nitrogens with two attached hydrogens (primary N) is 1. The van der Waals surface area contributed by atoms with Crippen LogP contribution in [0.1, 0.15) is 18.0 Å². The average molecular weight is 215 g/mol. The van der Waals surface area contributed by atoms with Crippen LogP contribution in [0, 0.1) is 5.82 Å². The summed E-state index contributed by atoms with van der Waals surface area (Å²) in [5.41, 5.74) is 6.05. The van der Waals surface area contributed by atoms with E-state index in [1.54, 1.807) is 0 Å². The van der Waals surface area contributed by atoms with Crippen molar-refractivity contribution in [2.75, 3.05) is 13.7 Å². The zero-order chi connectivity index (χ0) is 11.4. The van der Waals surface area contributed by atoms with E-state index < -0.39 is 11.9 Å². The highest BCUT2D eigenvalue weighted by Crippen LogP contribution is 2.31. The van der Waals surface area contributed by atoms with E-state index in [0.29, 0.717) is 12.0 Å². The largest absolute Gasteiger partial charge is 0.507 e. The van der Waals surface area contributed by atoms with Crippen molar-refractivity contribution in [2.24, 2.45) is 5.73 Å². The maximum Gasteiger partial charge on any atom is 0.168 e. The van der Waals surface area contributed by atoms with Crippen LogP contribution >= 0.6 is 0 Å². The Morgan fingerprint density at radius 1 is 1.53 bits per heavy atom. The van der Waals surface area contributed by atoms with Crippen LogP contribution < -0.4 is 10.5 Å². The second-order valence-corrected chi connectivity index (χ2v) is 3.16. The second-order valence-electron chi connectivity index (χ2n) is 3.16. The van der Waals surface area contributed by atoms with Gasteiger partial charge in [0.25, 0.3) is 0 Å². The molecule has 0 heterocycles. The summed E-state index contributed by atoms with van der Waals surface area (Å²) in [4.78, 5) is 0. The zero-order valence-electron chi connectivity index (χ0n) is 8.40. The third kappa shape index (κ3) is 2.57. The molecule has 0 aliphatic heterocycles. The summed E-state index contributed by atoms with van der Waals surface area (Å²) < 4.78 is 17.9. The van der Waals surface area contributed by atoms with Crippen molar-refractivity contribution in [1.29, 1.82) is 0 Å². The van der Waals surface area contributed by atoms with Gasteiger partial charge in [0.15, 0.2) is 11.6 Å². The fourth-order valence-corrected chi connectivity index (χ4v) is 1.31. The smallest absolute Gasteiger partial charge is 0.168 e. The molecule has 4 N–H and O–H groups in total. The molecule has 0 bridgehead atoms. The first-order chi connectivity index (χ1) is 7.10. The van der Waals surface area contributed by atoms with Gasteiger partial charge < -0.3 is 20.7 Å². The summed E-state index contributed by atoms with van der Waals surface area (Å²) in [6.45, 7) is -0.0969. The van der Waals surface area contributed by atoms with Crippen molar-refractivity contribution in [3.63, 3.8) is 0 Å². The lowest BCUT2D eigenvalue weighted by Gasteiger charge is -2.14. The fraction of sp³-hybridized carbons (Fsp3) is 0.400. The van der Waals surface area contributed by atoms with Crippen LogP contribution in [0.25, 0.3) is 0 Å². The highest BCUT2D eigenvalue weighted by atomic mass is 19.1. The van der Waals surface area contributed by atoms with E-state index in [2.05, 4.69) is 0 Å². The molecule has 1 unspecified atom stereocenters. The molecule has 1 aromatic carbocycles. The molecule has 4 nitrogen and oxygen atoms in total. The number of phenolic OH excluding ortho intramolecular Hbond substituents is 1. The van der Waals surface area contributed by atoms with Crippen LogP contribution in [0.3, 0.4) is 0 Å². The molecular formula is C10H14FNO3. The number of ether oxygens (including phenoxy) is 1. The maximum absolute atomic E-state index is 13.1. The van der Waals surface area contributed by atoms with Crippen LogP contribution in [0.2, 0.25) is 0 Å².